The molecule has 1 heterocycles. The molecule has 0 saturated carbocycles. The Morgan fingerprint density at radius 3 is 2.16 bits per heavy atom. The quantitative estimate of drug-likeness (QED) is 0.604. The molecular weight excluding hydrogens is 355 g/mol. The smallest absolute Gasteiger partial charge is 0.433 e. The average molecular weight is 366 g/mol. The normalized spacial score (nSPS) is 11.2. The fourth-order valence-corrected chi connectivity index (χ4v) is 2.16. The molecule has 0 atom stereocenters. The Morgan fingerprint density at radius 2 is 1.52 bits per heavy atom. The monoisotopic (exact) mass is 365 g/mol. The van der Waals surface area contributed by atoms with Crippen LogP contribution in [0.25, 0.3) is 0 Å². The van der Waals surface area contributed by atoms with Crippen molar-refractivity contribution in [2.24, 2.45) is 0 Å². The predicted molar refractivity (Wildman–Crippen MR) is 88.3 cm³/mol. The number of ether oxygens (including phenoxy) is 1. The van der Waals surface area contributed by atoms with Gasteiger partial charge in [0, 0.05) is 11.8 Å². The second-order valence-electron chi connectivity index (χ2n) is 4.96. The maximum atomic E-state index is 12.8. The molecule has 0 aliphatic heterocycles. The van der Waals surface area contributed by atoms with Crippen molar-refractivity contribution in [3.63, 3.8) is 0 Å². The molecule has 1 aromatic heterocycles. The van der Waals surface area contributed by atoms with Gasteiger partial charge in [-0.3, -0.25) is 0 Å². The van der Waals surface area contributed by atoms with Crippen molar-refractivity contribution in [3.8, 4) is 11.5 Å². The summed E-state index contributed by atoms with van der Waals surface area (Å²) in [5.41, 5.74) is -0.616. The zero-order valence-electron chi connectivity index (χ0n) is 12.6. The first-order valence-electron chi connectivity index (χ1n) is 7.12. The SMILES string of the molecule is FC(F)(F)c1cc(Cl)nc(Nc2ccc(Oc3ccccc3)cc2)n1. The highest BCUT2D eigenvalue weighted by atomic mass is 35.5. The van der Waals surface area contributed by atoms with Crippen LogP contribution in [0.3, 0.4) is 0 Å². The summed E-state index contributed by atoms with van der Waals surface area (Å²) in [7, 11) is 0. The van der Waals surface area contributed by atoms with Gasteiger partial charge in [-0.05, 0) is 36.4 Å². The van der Waals surface area contributed by atoms with Gasteiger partial charge in [0.15, 0.2) is 5.69 Å². The molecule has 8 heteroatoms. The van der Waals surface area contributed by atoms with E-state index in [0.29, 0.717) is 23.3 Å². The molecule has 1 N–H and O–H groups in total. The Labute approximate surface area is 146 Å². The van der Waals surface area contributed by atoms with Crippen molar-refractivity contribution in [1.29, 1.82) is 0 Å². The molecule has 0 unspecified atom stereocenters. The topological polar surface area (TPSA) is 47.0 Å². The van der Waals surface area contributed by atoms with Crippen LogP contribution in [0.4, 0.5) is 24.8 Å². The second-order valence-corrected chi connectivity index (χ2v) is 5.35. The van der Waals surface area contributed by atoms with Crippen LogP contribution in [0.2, 0.25) is 5.15 Å². The summed E-state index contributed by atoms with van der Waals surface area (Å²) in [6.45, 7) is 0. The van der Waals surface area contributed by atoms with Gasteiger partial charge in [0.05, 0.1) is 0 Å². The molecular formula is C17H11ClF3N3O. The molecule has 3 rings (SSSR count). The molecule has 0 aliphatic carbocycles. The van der Waals surface area contributed by atoms with E-state index in [-0.39, 0.29) is 11.1 Å². The molecule has 25 heavy (non-hydrogen) atoms. The minimum absolute atomic E-state index is 0.239. The zero-order chi connectivity index (χ0) is 17.9. The van der Waals surface area contributed by atoms with Crippen LogP contribution >= 0.6 is 11.6 Å². The van der Waals surface area contributed by atoms with Crippen LogP contribution in [0.15, 0.2) is 60.7 Å². The molecule has 0 bridgehead atoms. The van der Waals surface area contributed by atoms with Gasteiger partial charge in [-0.15, -0.1) is 0 Å². The maximum Gasteiger partial charge on any atom is 0.433 e. The highest BCUT2D eigenvalue weighted by Gasteiger charge is 2.33. The van der Waals surface area contributed by atoms with E-state index in [9.17, 15) is 13.2 Å². The number of hydrogen-bond donors (Lipinski definition) is 1. The Kier molecular flexibility index (Phi) is 4.76. The van der Waals surface area contributed by atoms with Gasteiger partial charge in [-0.25, -0.2) is 9.97 Å². The number of nitrogens with one attached hydrogen (secondary N) is 1. The molecule has 0 spiro atoms. The minimum atomic E-state index is -4.60. The fraction of sp³-hybridized carbons (Fsp3) is 0.0588. The molecule has 0 aliphatic rings. The van der Waals surface area contributed by atoms with E-state index in [2.05, 4.69) is 15.3 Å². The Bertz CT molecular complexity index is 855. The molecule has 0 fully saturated rings. The first kappa shape index (κ1) is 17.0. The number of alkyl halides is 3. The van der Waals surface area contributed by atoms with E-state index < -0.39 is 11.9 Å². The van der Waals surface area contributed by atoms with Crippen LogP contribution in [0.5, 0.6) is 11.5 Å². The largest absolute Gasteiger partial charge is 0.457 e. The summed E-state index contributed by atoms with van der Waals surface area (Å²) in [5.74, 6) is 1.02. The summed E-state index contributed by atoms with van der Waals surface area (Å²) >= 11 is 5.63. The summed E-state index contributed by atoms with van der Waals surface area (Å²) in [4.78, 5) is 7.17. The first-order chi connectivity index (χ1) is 11.9. The van der Waals surface area contributed by atoms with Gasteiger partial charge in [-0.1, -0.05) is 29.8 Å². The lowest BCUT2D eigenvalue weighted by atomic mass is 10.3. The molecule has 0 saturated heterocycles. The Morgan fingerprint density at radius 1 is 0.880 bits per heavy atom. The Balaban J connectivity index is 1.74. The lowest BCUT2D eigenvalue weighted by Crippen LogP contribution is -2.10. The van der Waals surface area contributed by atoms with Gasteiger partial charge in [0.2, 0.25) is 5.95 Å². The van der Waals surface area contributed by atoms with E-state index >= 15 is 0 Å². The summed E-state index contributed by atoms with van der Waals surface area (Å²) in [6, 6.07) is 16.5. The molecule has 2 aromatic carbocycles. The number of benzene rings is 2. The van der Waals surface area contributed by atoms with Crippen LogP contribution < -0.4 is 10.1 Å². The number of nitrogens with zero attached hydrogens (tertiary/aromatic N) is 2. The van der Waals surface area contributed by atoms with Crippen LogP contribution in [0, 0.1) is 0 Å². The van der Waals surface area contributed by atoms with Crippen molar-refractivity contribution in [3.05, 3.63) is 71.5 Å². The van der Waals surface area contributed by atoms with Crippen molar-refractivity contribution >= 4 is 23.2 Å². The molecule has 4 nitrogen and oxygen atoms in total. The lowest BCUT2D eigenvalue weighted by Gasteiger charge is -2.10. The van der Waals surface area contributed by atoms with Crippen molar-refractivity contribution in [2.75, 3.05) is 5.32 Å². The summed E-state index contributed by atoms with van der Waals surface area (Å²) < 4.78 is 43.9. The van der Waals surface area contributed by atoms with Crippen molar-refractivity contribution < 1.29 is 17.9 Å². The summed E-state index contributed by atoms with van der Waals surface area (Å²) in [5, 5.41) is 2.39. The highest BCUT2D eigenvalue weighted by Crippen LogP contribution is 2.30. The molecule has 0 radical (unpaired) electrons. The van der Waals surface area contributed by atoms with E-state index in [0.717, 1.165) is 0 Å². The zero-order valence-corrected chi connectivity index (χ0v) is 13.3. The van der Waals surface area contributed by atoms with Gasteiger partial charge >= 0.3 is 6.18 Å². The summed E-state index contributed by atoms with van der Waals surface area (Å²) in [6.07, 6.45) is -4.60. The molecule has 3 aromatic rings. The fourth-order valence-electron chi connectivity index (χ4n) is 1.98. The number of anilines is 2. The van der Waals surface area contributed by atoms with Gasteiger partial charge in [0.25, 0.3) is 0 Å². The van der Waals surface area contributed by atoms with Gasteiger partial charge in [0.1, 0.15) is 16.7 Å². The molecule has 128 valence electrons. The number of rotatable bonds is 4. The van der Waals surface area contributed by atoms with Gasteiger partial charge in [-0.2, -0.15) is 13.2 Å². The number of halogens is 4. The lowest BCUT2D eigenvalue weighted by molar-refractivity contribution is -0.141. The van der Waals surface area contributed by atoms with Crippen LogP contribution in [-0.2, 0) is 6.18 Å². The first-order valence-corrected chi connectivity index (χ1v) is 7.50. The predicted octanol–water partition coefficient (Wildman–Crippen LogP) is 5.68. The maximum absolute atomic E-state index is 12.8. The number of hydrogen-bond acceptors (Lipinski definition) is 4. The van der Waals surface area contributed by atoms with Crippen LogP contribution in [0.1, 0.15) is 5.69 Å². The standard InChI is InChI=1S/C17H11ClF3N3O/c18-15-10-14(17(19,20)21)23-16(24-15)22-11-6-8-13(9-7-11)25-12-4-2-1-3-5-12/h1-10H,(H,22,23,24). The number of aromatic nitrogens is 2. The third-order valence-electron chi connectivity index (χ3n) is 3.07. The number of para-hydroxylation sites is 1. The van der Waals surface area contributed by atoms with E-state index in [1.807, 2.05) is 30.3 Å². The van der Waals surface area contributed by atoms with Crippen molar-refractivity contribution in [2.45, 2.75) is 6.18 Å². The molecule has 0 amide bonds. The Hall–Kier alpha value is -2.80. The van der Waals surface area contributed by atoms with Crippen LogP contribution in [-0.4, -0.2) is 9.97 Å². The minimum Gasteiger partial charge on any atom is -0.457 e. The average Bonchev–Trinajstić information content (AvgIpc) is 2.56. The van der Waals surface area contributed by atoms with Gasteiger partial charge < -0.3 is 10.1 Å². The third kappa shape index (κ3) is 4.60. The van der Waals surface area contributed by atoms with Crippen molar-refractivity contribution in [1.82, 2.24) is 9.97 Å². The van der Waals surface area contributed by atoms with E-state index in [1.165, 1.54) is 0 Å². The van der Waals surface area contributed by atoms with E-state index in [4.69, 9.17) is 16.3 Å². The highest BCUT2D eigenvalue weighted by molar-refractivity contribution is 6.29. The second kappa shape index (κ2) is 6.98. The van der Waals surface area contributed by atoms with E-state index in [1.54, 1.807) is 24.3 Å². The third-order valence-corrected chi connectivity index (χ3v) is 3.27.